The molecule has 1 atom stereocenters. The lowest BCUT2D eigenvalue weighted by molar-refractivity contribution is -0.138. The Morgan fingerprint density at radius 2 is 2.05 bits per heavy atom. The van der Waals surface area contributed by atoms with E-state index in [1.807, 2.05) is 0 Å². The predicted molar refractivity (Wildman–Crippen MR) is 77.2 cm³/mol. The summed E-state index contributed by atoms with van der Waals surface area (Å²) in [5.41, 5.74) is 0.300. The Hall–Kier alpha value is -1.95. The monoisotopic (exact) mass is 314 g/mol. The van der Waals surface area contributed by atoms with E-state index in [9.17, 15) is 13.6 Å². The molecule has 0 bridgehead atoms. The second-order valence-corrected chi connectivity index (χ2v) is 5.09. The number of fused-ring (bicyclic) bond motifs is 1. The van der Waals surface area contributed by atoms with Gasteiger partial charge in [0.05, 0.1) is 5.52 Å². The fraction of sp³-hybridized carbons (Fsp3) is 0.286. The van der Waals surface area contributed by atoms with E-state index in [1.54, 1.807) is 12.1 Å². The van der Waals surface area contributed by atoms with Crippen molar-refractivity contribution >= 4 is 34.2 Å². The van der Waals surface area contributed by atoms with Crippen molar-refractivity contribution in [3.63, 3.8) is 0 Å². The van der Waals surface area contributed by atoms with Crippen LogP contribution in [0.15, 0.2) is 24.3 Å². The van der Waals surface area contributed by atoms with Gasteiger partial charge in [0, 0.05) is 23.1 Å². The number of aromatic nitrogens is 1. The van der Waals surface area contributed by atoms with Gasteiger partial charge in [-0.1, -0.05) is 11.6 Å². The number of halogens is 3. The number of pyridine rings is 1. The van der Waals surface area contributed by atoms with Crippen molar-refractivity contribution < 1.29 is 18.7 Å². The van der Waals surface area contributed by atoms with Crippen molar-refractivity contribution in [2.24, 2.45) is 0 Å². The third-order valence-electron chi connectivity index (χ3n) is 3.31. The SMILES string of the molecule is CC(C(=O)O)N(C)c1cc(C(F)F)nc2ccc(Cl)cc12. The summed E-state index contributed by atoms with van der Waals surface area (Å²) in [6.45, 7) is 1.47. The Morgan fingerprint density at radius 1 is 1.38 bits per heavy atom. The van der Waals surface area contributed by atoms with Gasteiger partial charge in [-0.05, 0) is 31.2 Å². The van der Waals surface area contributed by atoms with E-state index in [-0.39, 0.29) is 0 Å². The van der Waals surface area contributed by atoms with Crippen molar-refractivity contribution in [3.8, 4) is 0 Å². The van der Waals surface area contributed by atoms with E-state index < -0.39 is 24.1 Å². The average Bonchev–Trinajstić information content (AvgIpc) is 2.44. The van der Waals surface area contributed by atoms with Crippen molar-refractivity contribution in [2.75, 3.05) is 11.9 Å². The zero-order valence-electron chi connectivity index (χ0n) is 11.3. The van der Waals surface area contributed by atoms with Gasteiger partial charge in [0.1, 0.15) is 11.7 Å². The topological polar surface area (TPSA) is 53.4 Å². The van der Waals surface area contributed by atoms with Crippen LogP contribution in [0.3, 0.4) is 0 Å². The van der Waals surface area contributed by atoms with Gasteiger partial charge in [-0.3, -0.25) is 0 Å². The zero-order valence-corrected chi connectivity index (χ0v) is 12.1. The summed E-state index contributed by atoms with van der Waals surface area (Å²) in [6.07, 6.45) is -2.74. The van der Waals surface area contributed by atoms with Crippen LogP contribution in [0.25, 0.3) is 10.9 Å². The molecule has 1 unspecified atom stereocenters. The largest absolute Gasteiger partial charge is 0.480 e. The molecule has 0 saturated carbocycles. The highest BCUT2D eigenvalue weighted by atomic mass is 35.5. The van der Waals surface area contributed by atoms with Crippen LogP contribution in [-0.4, -0.2) is 29.1 Å². The fourth-order valence-electron chi connectivity index (χ4n) is 1.98. The molecule has 2 rings (SSSR count). The third kappa shape index (κ3) is 3.05. The van der Waals surface area contributed by atoms with Gasteiger partial charge in [0.15, 0.2) is 0 Å². The molecule has 1 aromatic heterocycles. The first-order valence-corrected chi connectivity index (χ1v) is 6.53. The normalized spacial score (nSPS) is 12.7. The molecule has 21 heavy (non-hydrogen) atoms. The van der Waals surface area contributed by atoms with E-state index in [2.05, 4.69) is 4.98 Å². The molecule has 112 valence electrons. The molecule has 0 fully saturated rings. The number of anilines is 1. The quantitative estimate of drug-likeness (QED) is 0.934. The number of aliphatic carboxylic acids is 1. The van der Waals surface area contributed by atoms with Gasteiger partial charge in [0.2, 0.25) is 0 Å². The minimum absolute atomic E-state index is 0.344. The molecule has 0 aliphatic heterocycles. The van der Waals surface area contributed by atoms with E-state index >= 15 is 0 Å². The first-order valence-electron chi connectivity index (χ1n) is 6.15. The molecule has 2 aromatic rings. The number of alkyl halides is 2. The van der Waals surface area contributed by atoms with E-state index in [4.69, 9.17) is 16.7 Å². The Labute approximate surface area is 125 Å². The van der Waals surface area contributed by atoms with E-state index in [1.165, 1.54) is 31.0 Å². The van der Waals surface area contributed by atoms with Crippen LogP contribution in [0.1, 0.15) is 19.0 Å². The zero-order chi connectivity index (χ0) is 15.7. The number of carboxylic acids is 1. The summed E-state index contributed by atoms with van der Waals surface area (Å²) in [5.74, 6) is -1.05. The maximum absolute atomic E-state index is 13.0. The molecule has 1 N–H and O–H groups in total. The molecule has 0 spiro atoms. The van der Waals surface area contributed by atoms with Crippen LogP contribution < -0.4 is 4.90 Å². The van der Waals surface area contributed by atoms with Gasteiger partial charge in [-0.15, -0.1) is 0 Å². The van der Waals surface area contributed by atoms with Gasteiger partial charge >= 0.3 is 5.97 Å². The summed E-state index contributed by atoms with van der Waals surface area (Å²) in [4.78, 5) is 16.4. The molecule has 0 amide bonds. The summed E-state index contributed by atoms with van der Waals surface area (Å²) in [5, 5.41) is 10.0. The highest BCUT2D eigenvalue weighted by Crippen LogP contribution is 2.32. The van der Waals surface area contributed by atoms with Gasteiger partial charge < -0.3 is 10.0 Å². The Bertz CT molecular complexity index is 694. The number of benzene rings is 1. The molecule has 0 radical (unpaired) electrons. The molecule has 0 saturated heterocycles. The lowest BCUT2D eigenvalue weighted by Gasteiger charge is -2.25. The maximum Gasteiger partial charge on any atom is 0.326 e. The number of rotatable bonds is 4. The molecule has 1 heterocycles. The number of hydrogen-bond donors (Lipinski definition) is 1. The summed E-state index contributed by atoms with van der Waals surface area (Å²) in [6, 6.07) is 4.99. The van der Waals surface area contributed by atoms with Crippen molar-refractivity contribution in [2.45, 2.75) is 19.4 Å². The summed E-state index contributed by atoms with van der Waals surface area (Å²) >= 11 is 5.93. The highest BCUT2D eigenvalue weighted by Gasteiger charge is 2.22. The first kappa shape index (κ1) is 15.4. The Morgan fingerprint density at radius 3 is 2.62 bits per heavy atom. The van der Waals surface area contributed by atoms with Gasteiger partial charge in [-0.25, -0.2) is 18.6 Å². The number of nitrogens with zero attached hydrogens (tertiary/aromatic N) is 2. The number of likely N-dealkylation sites (N-methyl/N-ethyl adjacent to an activating group) is 1. The van der Waals surface area contributed by atoms with E-state index in [0.717, 1.165) is 0 Å². The van der Waals surface area contributed by atoms with Gasteiger partial charge in [0.25, 0.3) is 6.43 Å². The molecule has 1 aromatic carbocycles. The minimum Gasteiger partial charge on any atom is -0.480 e. The number of carbonyl (C=O) groups is 1. The Balaban J connectivity index is 2.68. The number of hydrogen-bond acceptors (Lipinski definition) is 3. The second-order valence-electron chi connectivity index (χ2n) is 4.65. The summed E-state index contributed by atoms with van der Waals surface area (Å²) < 4.78 is 25.9. The second kappa shape index (κ2) is 5.81. The van der Waals surface area contributed by atoms with Crippen LogP contribution >= 0.6 is 11.6 Å². The lowest BCUT2D eigenvalue weighted by atomic mass is 10.1. The fourth-order valence-corrected chi connectivity index (χ4v) is 2.15. The average molecular weight is 315 g/mol. The van der Waals surface area contributed by atoms with Crippen LogP contribution in [-0.2, 0) is 4.79 Å². The van der Waals surface area contributed by atoms with Crippen LogP contribution in [0, 0.1) is 0 Å². The van der Waals surface area contributed by atoms with Crippen molar-refractivity contribution in [1.29, 1.82) is 0 Å². The molecule has 0 aliphatic rings. The third-order valence-corrected chi connectivity index (χ3v) is 3.55. The van der Waals surface area contributed by atoms with Crippen molar-refractivity contribution in [1.82, 2.24) is 4.98 Å². The van der Waals surface area contributed by atoms with Crippen LogP contribution in [0.5, 0.6) is 0 Å². The smallest absolute Gasteiger partial charge is 0.326 e. The predicted octanol–water partition coefficient (Wildman–Crippen LogP) is 3.74. The van der Waals surface area contributed by atoms with Crippen molar-refractivity contribution in [3.05, 3.63) is 35.0 Å². The van der Waals surface area contributed by atoms with Crippen LogP contribution in [0.4, 0.5) is 14.5 Å². The van der Waals surface area contributed by atoms with E-state index in [0.29, 0.717) is 21.6 Å². The summed E-state index contributed by atoms with van der Waals surface area (Å²) in [7, 11) is 1.53. The minimum atomic E-state index is -2.74. The molecule has 0 aliphatic carbocycles. The van der Waals surface area contributed by atoms with Gasteiger partial charge in [-0.2, -0.15) is 0 Å². The van der Waals surface area contributed by atoms with Crippen LogP contribution in [0.2, 0.25) is 5.02 Å². The maximum atomic E-state index is 13.0. The first-order chi connectivity index (χ1) is 9.81. The Kier molecular flexibility index (Phi) is 4.27. The standard InChI is InChI=1S/C14H13ClF2N2O2/c1-7(14(20)21)19(2)12-6-11(13(16)17)18-10-4-3-8(15)5-9(10)12/h3-7,13H,1-2H3,(H,20,21). The number of carboxylic acid groups (broad SMARTS) is 1. The molecule has 4 nitrogen and oxygen atoms in total. The lowest BCUT2D eigenvalue weighted by Crippen LogP contribution is -2.36. The molecular formula is C14H13ClF2N2O2. The highest BCUT2D eigenvalue weighted by molar-refractivity contribution is 6.31. The molecular weight excluding hydrogens is 302 g/mol. The molecule has 7 heteroatoms.